The molecule has 28 heavy (non-hydrogen) atoms. The molecule has 2 aromatic rings. The molecule has 0 aliphatic rings. The Labute approximate surface area is 163 Å². The summed E-state index contributed by atoms with van der Waals surface area (Å²) in [5, 5.41) is 7.77. The van der Waals surface area contributed by atoms with E-state index in [-0.39, 0.29) is 12.6 Å². The van der Waals surface area contributed by atoms with E-state index in [2.05, 4.69) is 16.0 Å². The Kier molecular flexibility index (Phi) is 7.83. The zero-order valence-corrected chi connectivity index (χ0v) is 15.7. The molecule has 0 radical (unpaired) electrons. The second kappa shape index (κ2) is 10.6. The van der Waals surface area contributed by atoms with Crippen molar-refractivity contribution in [1.29, 1.82) is 0 Å². The van der Waals surface area contributed by atoms with Gasteiger partial charge in [-0.2, -0.15) is 0 Å². The fraction of sp³-hybridized carbons (Fsp3) is 0.250. The topological polar surface area (TPSA) is 106 Å². The van der Waals surface area contributed by atoms with E-state index in [1.807, 2.05) is 42.5 Å². The minimum absolute atomic E-state index is 0.113. The van der Waals surface area contributed by atoms with Crippen LogP contribution in [0.2, 0.25) is 0 Å². The molecule has 0 aromatic heterocycles. The minimum atomic E-state index is -0.720. The molecule has 0 unspecified atom stereocenters. The van der Waals surface area contributed by atoms with Gasteiger partial charge in [0.1, 0.15) is 5.75 Å². The average Bonchev–Trinajstić information content (AvgIpc) is 2.66. The quantitative estimate of drug-likeness (QED) is 0.603. The summed E-state index contributed by atoms with van der Waals surface area (Å²) in [7, 11) is 0. The molecule has 0 saturated carbocycles. The largest absolute Gasteiger partial charge is 0.482 e. The lowest BCUT2D eigenvalue weighted by molar-refractivity contribution is -0.150. The second-order valence-corrected chi connectivity index (χ2v) is 6.14. The summed E-state index contributed by atoms with van der Waals surface area (Å²) in [6, 6.07) is 16.0. The number of urea groups is 1. The van der Waals surface area contributed by atoms with Crippen LogP contribution in [0.4, 0.5) is 16.2 Å². The van der Waals surface area contributed by atoms with Crippen LogP contribution in [0.15, 0.2) is 54.6 Å². The fourth-order valence-corrected chi connectivity index (χ4v) is 2.11. The van der Waals surface area contributed by atoms with Crippen molar-refractivity contribution < 1.29 is 23.9 Å². The van der Waals surface area contributed by atoms with Crippen molar-refractivity contribution in [3.8, 4) is 5.75 Å². The van der Waals surface area contributed by atoms with Crippen molar-refractivity contribution >= 4 is 29.3 Å². The van der Waals surface area contributed by atoms with Crippen LogP contribution < -0.4 is 20.7 Å². The molecular formula is C20H23N3O5. The van der Waals surface area contributed by atoms with Gasteiger partial charge in [0.25, 0.3) is 5.91 Å². The van der Waals surface area contributed by atoms with Crippen molar-refractivity contribution in [2.24, 2.45) is 0 Å². The van der Waals surface area contributed by atoms with Crippen molar-refractivity contribution in [1.82, 2.24) is 10.6 Å². The number of carbonyl (C=O) groups excluding carboxylic acids is 3. The van der Waals surface area contributed by atoms with Crippen LogP contribution in [0.5, 0.6) is 5.75 Å². The van der Waals surface area contributed by atoms with E-state index in [1.54, 1.807) is 26.0 Å². The van der Waals surface area contributed by atoms with E-state index in [0.717, 1.165) is 11.4 Å². The van der Waals surface area contributed by atoms with Gasteiger partial charge in [-0.25, -0.2) is 9.59 Å². The monoisotopic (exact) mass is 385 g/mol. The van der Waals surface area contributed by atoms with Gasteiger partial charge in [0.05, 0.1) is 0 Å². The van der Waals surface area contributed by atoms with Crippen LogP contribution in [-0.2, 0) is 14.3 Å². The molecule has 0 aliphatic carbocycles. The summed E-state index contributed by atoms with van der Waals surface area (Å²) in [6.45, 7) is 2.60. The highest BCUT2D eigenvalue weighted by Crippen LogP contribution is 2.19. The Morgan fingerprint density at radius 2 is 1.54 bits per heavy atom. The lowest BCUT2D eigenvalue weighted by atomic mass is 10.2. The minimum Gasteiger partial charge on any atom is -0.482 e. The van der Waals surface area contributed by atoms with Crippen LogP contribution in [0.3, 0.4) is 0 Å². The molecule has 148 valence electrons. The summed E-state index contributed by atoms with van der Waals surface area (Å²) in [5.41, 5.74) is 1.83. The molecule has 3 N–H and O–H groups in total. The van der Waals surface area contributed by atoms with Crippen molar-refractivity contribution in [3.05, 3.63) is 54.6 Å². The Hall–Kier alpha value is -3.55. The Bertz CT molecular complexity index is 791. The van der Waals surface area contributed by atoms with Crippen molar-refractivity contribution in [3.63, 3.8) is 0 Å². The van der Waals surface area contributed by atoms with Gasteiger partial charge >= 0.3 is 12.0 Å². The Balaban J connectivity index is 1.69. The van der Waals surface area contributed by atoms with Crippen molar-refractivity contribution in [2.75, 3.05) is 18.5 Å². The number of benzene rings is 2. The van der Waals surface area contributed by atoms with E-state index >= 15 is 0 Å². The number of hydrogen-bond donors (Lipinski definition) is 3. The molecule has 0 saturated heterocycles. The normalized spacial score (nSPS) is 10.1. The number of esters is 1. The molecule has 0 heterocycles. The van der Waals surface area contributed by atoms with Gasteiger partial charge in [0.15, 0.2) is 13.2 Å². The first-order valence-corrected chi connectivity index (χ1v) is 8.73. The summed E-state index contributed by atoms with van der Waals surface area (Å²) in [6.07, 6.45) is 0. The van der Waals surface area contributed by atoms with Gasteiger partial charge in [-0.15, -0.1) is 0 Å². The third kappa shape index (κ3) is 7.77. The fourth-order valence-electron chi connectivity index (χ4n) is 2.11. The van der Waals surface area contributed by atoms with Crippen LogP contribution >= 0.6 is 0 Å². The number of carbonyl (C=O) groups is 3. The van der Waals surface area contributed by atoms with E-state index in [4.69, 9.17) is 9.47 Å². The standard InChI is InChI=1S/C20H23N3O5/c1-14(2)21-20(26)23-18(24)12-28-19(25)13-27-17-10-8-16(9-11-17)22-15-6-4-3-5-7-15/h3-11,14,22H,12-13H2,1-2H3,(H2,21,23,24,26). The molecular weight excluding hydrogens is 362 g/mol. The molecule has 0 bridgehead atoms. The lowest BCUT2D eigenvalue weighted by Crippen LogP contribution is -2.44. The van der Waals surface area contributed by atoms with Gasteiger partial charge < -0.3 is 20.1 Å². The summed E-state index contributed by atoms with van der Waals surface area (Å²) >= 11 is 0. The Morgan fingerprint density at radius 1 is 0.893 bits per heavy atom. The maximum atomic E-state index is 11.7. The molecule has 8 nitrogen and oxygen atoms in total. The second-order valence-electron chi connectivity index (χ2n) is 6.14. The number of para-hydroxylation sites is 1. The van der Waals surface area contributed by atoms with E-state index in [0.29, 0.717) is 5.75 Å². The van der Waals surface area contributed by atoms with E-state index < -0.39 is 24.5 Å². The van der Waals surface area contributed by atoms with Gasteiger partial charge in [0, 0.05) is 17.4 Å². The Morgan fingerprint density at radius 3 is 2.18 bits per heavy atom. The lowest BCUT2D eigenvalue weighted by Gasteiger charge is -2.10. The number of rotatable bonds is 8. The first-order chi connectivity index (χ1) is 13.4. The summed E-state index contributed by atoms with van der Waals surface area (Å²) in [4.78, 5) is 34.5. The van der Waals surface area contributed by atoms with Crippen LogP contribution in [0, 0.1) is 0 Å². The van der Waals surface area contributed by atoms with Crippen molar-refractivity contribution in [2.45, 2.75) is 19.9 Å². The summed E-state index contributed by atoms with van der Waals surface area (Å²) in [5.74, 6) is -0.954. The van der Waals surface area contributed by atoms with Crippen LogP contribution in [0.25, 0.3) is 0 Å². The highest BCUT2D eigenvalue weighted by atomic mass is 16.6. The third-order valence-electron chi connectivity index (χ3n) is 3.31. The van der Waals surface area contributed by atoms with Crippen LogP contribution in [0.1, 0.15) is 13.8 Å². The highest BCUT2D eigenvalue weighted by molar-refractivity contribution is 5.95. The summed E-state index contributed by atoms with van der Waals surface area (Å²) < 4.78 is 10.1. The molecule has 2 rings (SSSR count). The molecule has 2 aromatic carbocycles. The molecule has 8 heteroatoms. The molecule has 3 amide bonds. The SMILES string of the molecule is CC(C)NC(=O)NC(=O)COC(=O)COc1ccc(Nc2ccccc2)cc1. The number of amides is 3. The van der Waals surface area contributed by atoms with Gasteiger partial charge in [-0.3, -0.25) is 10.1 Å². The maximum Gasteiger partial charge on any atom is 0.344 e. The third-order valence-corrected chi connectivity index (χ3v) is 3.31. The number of anilines is 2. The number of ether oxygens (including phenoxy) is 2. The predicted octanol–water partition coefficient (Wildman–Crippen LogP) is 2.59. The number of nitrogens with one attached hydrogen (secondary N) is 3. The zero-order valence-electron chi connectivity index (χ0n) is 15.7. The van der Waals surface area contributed by atoms with Crippen LogP contribution in [-0.4, -0.2) is 37.2 Å². The van der Waals surface area contributed by atoms with Gasteiger partial charge in [-0.1, -0.05) is 18.2 Å². The van der Waals surface area contributed by atoms with E-state index in [1.165, 1.54) is 0 Å². The van der Waals surface area contributed by atoms with Gasteiger partial charge in [0.2, 0.25) is 0 Å². The highest BCUT2D eigenvalue weighted by Gasteiger charge is 2.12. The molecule has 0 spiro atoms. The first-order valence-electron chi connectivity index (χ1n) is 8.73. The predicted molar refractivity (Wildman–Crippen MR) is 104 cm³/mol. The molecule has 0 atom stereocenters. The first kappa shape index (κ1) is 20.8. The number of imide groups is 1. The number of hydrogen-bond acceptors (Lipinski definition) is 6. The average molecular weight is 385 g/mol. The zero-order chi connectivity index (χ0) is 20.4. The van der Waals surface area contributed by atoms with E-state index in [9.17, 15) is 14.4 Å². The molecule has 0 aliphatic heterocycles. The smallest absolute Gasteiger partial charge is 0.344 e. The maximum absolute atomic E-state index is 11.7. The molecule has 0 fully saturated rings. The van der Waals surface area contributed by atoms with Gasteiger partial charge in [-0.05, 0) is 50.2 Å².